The average Bonchev–Trinajstić information content (AvgIpc) is 2.95. The lowest BCUT2D eigenvalue weighted by Gasteiger charge is -2.12. The highest BCUT2D eigenvalue weighted by atomic mass is 19.1. The average molecular weight is 281 g/mol. The van der Waals surface area contributed by atoms with Gasteiger partial charge >= 0.3 is 5.97 Å². The number of carboxylic acid groups (broad SMARTS) is 1. The van der Waals surface area contributed by atoms with Crippen LogP contribution in [-0.2, 0) is 6.67 Å². The molecule has 0 radical (unpaired) electrons. The van der Waals surface area contributed by atoms with Crippen LogP contribution < -0.4 is 9.47 Å². The Morgan fingerprint density at radius 3 is 2.60 bits per heavy atom. The quantitative estimate of drug-likeness (QED) is 0.906. The second-order valence-electron chi connectivity index (χ2n) is 3.89. The van der Waals surface area contributed by atoms with Crippen molar-refractivity contribution in [2.24, 2.45) is 0 Å². The van der Waals surface area contributed by atoms with E-state index in [0.29, 0.717) is 22.6 Å². The van der Waals surface area contributed by atoms with Crippen LogP contribution in [-0.4, -0.2) is 30.5 Å². The molecule has 0 saturated heterocycles. The van der Waals surface area contributed by atoms with Gasteiger partial charge in [-0.3, -0.25) is 0 Å². The summed E-state index contributed by atoms with van der Waals surface area (Å²) in [5, 5.41) is 12.5. The fraction of sp³-hybridized carbons (Fsp3) is 0.231. The molecule has 2 rings (SSSR count). The minimum absolute atomic E-state index is 0.229. The third-order valence-electron chi connectivity index (χ3n) is 2.69. The summed E-state index contributed by atoms with van der Waals surface area (Å²) in [5.41, 5.74) is 0.987. The molecule has 0 amide bonds. The van der Waals surface area contributed by atoms with Crippen molar-refractivity contribution in [1.29, 1.82) is 0 Å². The van der Waals surface area contributed by atoms with Crippen LogP contribution in [0.25, 0.3) is 11.3 Å². The molecule has 0 atom stereocenters. The highest BCUT2D eigenvalue weighted by molar-refractivity contribution is 5.86. The van der Waals surface area contributed by atoms with E-state index in [1.54, 1.807) is 0 Å². The van der Waals surface area contributed by atoms with Crippen LogP contribution in [0.5, 0.6) is 11.5 Å². The van der Waals surface area contributed by atoms with Crippen LogP contribution in [0.3, 0.4) is 0 Å². The van der Waals surface area contributed by atoms with Gasteiger partial charge in [0.1, 0.15) is 12.4 Å². The molecule has 7 heteroatoms. The zero-order valence-corrected chi connectivity index (χ0v) is 10.8. The number of halogens is 1. The number of rotatable bonds is 5. The van der Waals surface area contributed by atoms with Gasteiger partial charge in [0.05, 0.1) is 19.8 Å². The van der Waals surface area contributed by atoms with E-state index in [4.69, 9.17) is 14.6 Å². The maximum atomic E-state index is 12.9. The first-order chi connectivity index (χ1) is 9.60. The first kappa shape index (κ1) is 13.9. The number of carbonyl (C=O) groups is 1. The minimum Gasteiger partial charge on any atom is -0.493 e. The summed E-state index contributed by atoms with van der Waals surface area (Å²) in [7, 11) is 2.85. The maximum Gasteiger partial charge on any atom is 0.374 e. The molecule has 0 fully saturated rings. The maximum absolute atomic E-state index is 12.9. The molecule has 6 nitrogen and oxygen atoms in total. The van der Waals surface area contributed by atoms with Crippen LogP contribution >= 0.6 is 0 Å². The number of nitrogens with zero attached hydrogens (tertiary/aromatic N) is 1. The van der Waals surface area contributed by atoms with Gasteiger partial charge in [0, 0.05) is 6.07 Å². The van der Waals surface area contributed by atoms with Gasteiger partial charge in [-0.1, -0.05) is 5.16 Å². The fourth-order valence-corrected chi connectivity index (χ4v) is 1.79. The lowest BCUT2D eigenvalue weighted by atomic mass is 10.1. The summed E-state index contributed by atoms with van der Waals surface area (Å²) >= 11 is 0. The second-order valence-corrected chi connectivity index (χ2v) is 3.89. The third kappa shape index (κ3) is 2.42. The molecule has 20 heavy (non-hydrogen) atoms. The lowest BCUT2D eigenvalue weighted by molar-refractivity contribution is 0.0652. The molecule has 0 saturated carbocycles. The van der Waals surface area contributed by atoms with Crippen LogP contribution in [0.4, 0.5) is 4.39 Å². The normalized spacial score (nSPS) is 10.3. The molecule has 0 bridgehead atoms. The molecule has 0 aliphatic rings. The van der Waals surface area contributed by atoms with Gasteiger partial charge in [0.25, 0.3) is 0 Å². The monoisotopic (exact) mass is 281 g/mol. The Morgan fingerprint density at radius 2 is 2.10 bits per heavy atom. The minimum atomic E-state index is -1.24. The smallest absolute Gasteiger partial charge is 0.374 e. The van der Waals surface area contributed by atoms with Crippen molar-refractivity contribution in [3.63, 3.8) is 0 Å². The number of hydrogen-bond acceptors (Lipinski definition) is 5. The van der Waals surface area contributed by atoms with Gasteiger partial charge in [-0.15, -0.1) is 0 Å². The van der Waals surface area contributed by atoms with Gasteiger partial charge in [0.2, 0.25) is 5.76 Å². The summed E-state index contributed by atoms with van der Waals surface area (Å²) in [6.45, 7) is -0.697. The van der Waals surface area contributed by atoms with Crippen LogP contribution in [0.15, 0.2) is 22.7 Å². The molecule has 1 heterocycles. The van der Waals surface area contributed by atoms with E-state index in [-0.39, 0.29) is 11.5 Å². The summed E-state index contributed by atoms with van der Waals surface area (Å²) in [6.07, 6.45) is 0. The van der Waals surface area contributed by atoms with E-state index in [9.17, 15) is 9.18 Å². The Labute approximate surface area is 113 Å². The van der Waals surface area contributed by atoms with E-state index < -0.39 is 12.6 Å². The molecule has 1 aromatic carbocycles. The van der Waals surface area contributed by atoms with Gasteiger partial charge in [0.15, 0.2) is 11.5 Å². The van der Waals surface area contributed by atoms with Crippen molar-refractivity contribution in [2.75, 3.05) is 14.2 Å². The molecule has 2 aromatic rings. The van der Waals surface area contributed by atoms with Crippen molar-refractivity contribution in [3.05, 3.63) is 29.5 Å². The van der Waals surface area contributed by atoms with Crippen LogP contribution in [0, 0.1) is 0 Å². The van der Waals surface area contributed by atoms with E-state index >= 15 is 0 Å². The van der Waals surface area contributed by atoms with Crippen molar-refractivity contribution >= 4 is 5.97 Å². The van der Waals surface area contributed by atoms with Crippen molar-refractivity contribution in [2.45, 2.75) is 6.67 Å². The number of ether oxygens (including phenoxy) is 2. The predicted octanol–water partition coefficient (Wildman–Crippen LogP) is 2.53. The highest BCUT2D eigenvalue weighted by Crippen LogP contribution is 2.39. The Hall–Kier alpha value is -2.57. The summed E-state index contributed by atoms with van der Waals surface area (Å²) < 4.78 is 27.9. The van der Waals surface area contributed by atoms with Gasteiger partial charge in [-0.2, -0.15) is 0 Å². The Balaban J connectivity index is 2.60. The number of aromatic nitrogens is 1. The number of alkyl halides is 1. The SMILES string of the molecule is COc1cc(CF)cc(-c2cc(C(=O)O)on2)c1OC. The summed E-state index contributed by atoms with van der Waals surface area (Å²) in [6, 6.07) is 4.24. The Bertz CT molecular complexity index is 638. The number of hydrogen-bond donors (Lipinski definition) is 1. The van der Waals surface area contributed by atoms with Crippen molar-refractivity contribution in [1.82, 2.24) is 5.16 Å². The molecular formula is C13H12FNO5. The van der Waals surface area contributed by atoms with Gasteiger partial charge in [-0.25, -0.2) is 9.18 Å². The van der Waals surface area contributed by atoms with E-state index in [0.717, 1.165) is 0 Å². The number of benzene rings is 1. The number of carboxylic acids is 1. The molecule has 0 aliphatic heterocycles. The zero-order valence-electron chi connectivity index (χ0n) is 10.8. The molecule has 1 N–H and O–H groups in total. The predicted molar refractivity (Wildman–Crippen MR) is 66.8 cm³/mol. The van der Waals surface area contributed by atoms with Gasteiger partial charge in [-0.05, 0) is 17.7 Å². The van der Waals surface area contributed by atoms with Crippen molar-refractivity contribution < 1.29 is 28.3 Å². The topological polar surface area (TPSA) is 81.8 Å². The molecular weight excluding hydrogens is 269 g/mol. The molecule has 106 valence electrons. The molecule has 0 spiro atoms. The first-order valence-electron chi connectivity index (χ1n) is 5.62. The molecule has 0 unspecified atom stereocenters. The number of methoxy groups -OCH3 is 2. The third-order valence-corrected chi connectivity index (χ3v) is 2.69. The Kier molecular flexibility index (Phi) is 3.88. The fourth-order valence-electron chi connectivity index (χ4n) is 1.79. The van der Waals surface area contributed by atoms with E-state index in [1.807, 2.05) is 0 Å². The standard InChI is InChI=1S/C13H12FNO5/c1-18-10-4-7(6-14)3-8(12(10)19-2)9-5-11(13(16)17)20-15-9/h3-5H,6H2,1-2H3,(H,16,17). The van der Waals surface area contributed by atoms with Crippen LogP contribution in [0.2, 0.25) is 0 Å². The van der Waals surface area contributed by atoms with Gasteiger partial charge < -0.3 is 19.1 Å². The number of aromatic carboxylic acids is 1. The molecule has 1 aromatic heterocycles. The van der Waals surface area contributed by atoms with Crippen molar-refractivity contribution in [3.8, 4) is 22.8 Å². The zero-order chi connectivity index (χ0) is 14.7. The first-order valence-corrected chi connectivity index (χ1v) is 5.62. The second kappa shape index (κ2) is 5.60. The largest absolute Gasteiger partial charge is 0.493 e. The summed E-state index contributed by atoms with van der Waals surface area (Å²) in [5.74, 6) is -0.893. The highest BCUT2D eigenvalue weighted by Gasteiger charge is 2.19. The van der Waals surface area contributed by atoms with Crippen LogP contribution in [0.1, 0.15) is 16.1 Å². The summed E-state index contributed by atoms with van der Waals surface area (Å²) in [4.78, 5) is 10.8. The molecule has 0 aliphatic carbocycles. The Morgan fingerprint density at radius 1 is 1.35 bits per heavy atom. The van der Waals surface area contributed by atoms with E-state index in [2.05, 4.69) is 9.68 Å². The van der Waals surface area contributed by atoms with E-state index in [1.165, 1.54) is 32.4 Å². The lowest BCUT2D eigenvalue weighted by Crippen LogP contribution is -1.96.